The Balaban J connectivity index is 0.00000338. The maximum absolute atomic E-state index is 13.3. The summed E-state index contributed by atoms with van der Waals surface area (Å²) in [5, 5.41) is 16.0. The first kappa shape index (κ1) is 21.9. The fraction of sp³-hybridized carbons (Fsp3) is 0.500. The molecule has 1 fully saturated rings. The molecular formula is C14H19ClF3N5O3. The molecule has 26 heavy (non-hydrogen) atoms. The van der Waals surface area contributed by atoms with Crippen LogP contribution in [0.15, 0.2) is 18.2 Å². The minimum absolute atomic E-state index is 0. The Morgan fingerprint density at radius 3 is 2.54 bits per heavy atom. The van der Waals surface area contributed by atoms with E-state index in [1.807, 2.05) is 0 Å². The second-order valence-electron chi connectivity index (χ2n) is 5.55. The molecule has 1 saturated heterocycles. The number of carbonyl (C=O) groups is 1. The molecule has 0 bridgehead atoms. The number of halogens is 4. The molecule has 0 aliphatic carbocycles. The zero-order valence-corrected chi connectivity index (χ0v) is 14.4. The third-order valence-electron chi connectivity index (χ3n) is 3.95. The van der Waals surface area contributed by atoms with Crippen molar-refractivity contribution in [1.29, 1.82) is 0 Å². The van der Waals surface area contributed by atoms with Gasteiger partial charge >= 0.3 is 6.18 Å². The zero-order valence-electron chi connectivity index (χ0n) is 13.6. The summed E-state index contributed by atoms with van der Waals surface area (Å²) in [6.07, 6.45) is -4.52. The predicted molar refractivity (Wildman–Crippen MR) is 91.4 cm³/mol. The lowest BCUT2D eigenvalue weighted by molar-refractivity contribution is -0.383. The van der Waals surface area contributed by atoms with Gasteiger partial charge in [-0.05, 0) is 6.07 Å². The highest BCUT2D eigenvalue weighted by molar-refractivity contribution is 6.01. The van der Waals surface area contributed by atoms with E-state index in [1.165, 1.54) is 17.0 Å². The van der Waals surface area contributed by atoms with Crippen molar-refractivity contribution in [3.05, 3.63) is 33.9 Å². The van der Waals surface area contributed by atoms with Crippen molar-refractivity contribution < 1.29 is 22.9 Å². The quantitative estimate of drug-likeness (QED) is 0.390. The Morgan fingerprint density at radius 1 is 1.38 bits per heavy atom. The predicted octanol–water partition coefficient (Wildman–Crippen LogP) is 1.16. The molecule has 1 atom stereocenters. The van der Waals surface area contributed by atoms with Crippen LogP contribution in [0.1, 0.15) is 10.4 Å². The number of amides is 1. The Hall–Kier alpha value is -2.11. The number of nitro groups is 1. The third kappa shape index (κ3) is 5.19. The van der Waals surface area contributed by atoms with Gasteiger partial charge in [-0.15, -0.1) is 12.4 Å². The number of benzene rings is 1. The number of rotatable bonds is 5. The molecule has 1 heterocycles. The van der Waals surface area contributed by atoms with E-state index in [2.05, 4.69) is 10.6 Å². The van der Waals surface area contributed by atoms with Gasteiger partial charge in [-0.25, -0.2) is 0 Å². The van der Waals surface area contributed by atoms with Gasteiger partial charge in [0.1, 0.15) is 11.7 Å². The van der Waals surface area contributed by atoms with Crippen LogP contribution in [-0.2, 0) is 0 Å². The lowest BCUT2D eigenvalue weighted by atomic mass is 10.1. The Bertz CT molecular complexity index is 653. The van der Waals surface area contributed by atoms with Crippen LogP contribution in [0.5, 0.6) is 0 Å². The average molecular weight is 398 g/mol. The van der Waals surface area contributed by atoms with Gasteiger partial charge in [0.2, 0.25) is 0 Å². The minimum atomic E-state index is -4.52. The summed E-state index contributed by atoms with van der Waals surface area (Å²) in [7, 11) is 0. The summed E-state index contributed by atoms with van der Waals surface area (Å²) < 4.78 is 39.8. The molecule has 0 saturated carbocycles. The van der Waals surface area contributed by atoms with Gasteiger partial charge in [0.05, 0.1) is 10.5 Å². The maximum atomic E-state index is 13.3. The van der Waals surface area contributed by atoms with Gasteiger partial charge in [-0.3, -0.25) is 19.8 Å². The fourth-order valence-electron chi connectivity index (χ4n) is 2.64. The molecule has 0 radical (unpaired) electrons. The standard InChI is InChI=1S/C14H18F3N5O3.ClH/c15-14(16,17)11(21-6-4-19-5-7-21)8-20-13(23)9-2-1-3-10(12(9)18)22(24)25;/h1-3,11,19H,4-8,18H2,(H,20,23);1H. The van der Waals surface area contributed by atoms with Crippen molar-refractivity contribution in [2.24, 2.45) is 0 Å². The topological polar surface area (TPSA) is 114 Å². The van der Waals surface area contributed by atoms with Crippen molar-refractivity contribution in [3.63, 3.8) is 0 Å². The zero-order chi connectivity index (χ0) is 18.6. The molecule has 1 aromatic carbocycles. The van der Waals surface area contributed by atoms with E-state index in [0.717, 1.165) is 6.07 Å². The van der Waals surface area contributed by atoms with E-state index in [0.29, 0.717) is 13.1 Å². The summed E-state index contributed by atoms with van der Waals surface area (Å²) in [4.78, 5) is 23.5. The Labute approximate surface area is 153 Å². The van der Waals surface area contributed by atoms with E-state index >= 15 is 0 Å². The van der Waals surface area contributed by atoms with Gasteiger partial charge < -0.3 is 16.4 Å². The highest BCUT2D eigenvalue weighted by atomic mass is 35.5. The van der Waals surface area contributed by atoms with Crippen LogP contribution >= 0.6 is 12.4 Å². The van der Waals surface area contributed by atoms with Crippen LogP contribution in [0.2, 0.25) is 0 Å². The van der Waals surface area contributed by atoms with Crippen LogP contribution in [0.4, 0.5) is 24.5 Å². The van der Waals surface area contributed by atoms with Crippen LogP contribution in [0.25, 0.3) is 0 Å². The molecule has 8 nitrogen and oxygen atoms in total. The summed E-state index contributed by atoms with van der Waals surface area (Å²) in [6.45, 7) is 0.610. The number of nitrogens with one attached hydrogen (secondary N) is 2. The van der Waals surface area contributed by atoms with Crippen molar-refractivity contribution in [2.75, 3.05) is 38.5 Å². The number of hydrogen-bond acceptors (Lipinski definition) is 6. The molecule has 1 aliphatic rings. The van der Waals surface area contributed by atoms with Crippen LogP contribution in [0.3, 0.4) is 0 Å². The normalized spacial score (nSPS) is 16.4. The highest BCUT2D eigenvalue weighted by Crippen LogP contribution is 2.26. The van der Waals surface area contributed by atoms with Crippen molar-refractivity contribution in [1.82, 2.24) is 15.5 Å². The third-order valence-corrected chi connectivity index (χ3v) is 3.95. The first-order chi connectivity index (χ1) is 11.7. The van der Waals surface area contributed by atoms with Crippen LogP contribution < -0.4 is 16.4 Å². The van der Waals surface area contributed by atoms with Crippen LogP contribution in [0, 0.1) is 10.1 Å². The molecule has 0 spiro atoms. The molecule has 0 aromatic heterocycles. The minimum Gasteiger partial charge on any atom is -0.393 e. The summed E-state index contributed by atoms with van der Waals surface area (Å²) >= 11 is 0. The van der Waals surface area contributed by atoms with E-state index in [-0.39, 0.29) is 36.7 Å². The van der Waals surface area contributed by atoms with Gasteiger partial charge in [-0.2, -0.15) is 13.2 Å². The first-order valence-electron chi connectivity index (χ1n) is 7.54. The number of para-hydroxylation sites is 1. The monoisotopic (exact) mass is 397 g/mol. The molecular weight excluding hydrogens is 379 g/mol. The molecule has 1 amide bonds. The van der Waals surface area contributed by atoms with Gasteiger partial charge in [0.25, 0.3) is 11.6 Å². The number of alkyl halides is 3. The number of carbonyl (C=O) groups excluding carboxylic acids is 1. The summed E-state index contributed by atoms with van der Waals surface area (Å²) in [5.41, 5.74) is 4.50. The Morgan fingerprint density at radius 2 is 2.00 bits per heavy atom. The Kier molecular flexibility index (Phi) is 7.60. The number of hydrogen-bond donors (Lipinski definition) is 3. The molecule has 1 unspecified atom stereocenters. The van der Waals surface area contributed by atoms with Gasteiger partial charge in [0.15, 0.2) is 0 Å². The number of anilines is 1. The fourth-order valence-corrected chi connectivity index (χ4v) is 2.64. The van der Waals surface area contributed by atoms with E-state index in [9.17, 15) is 28.1 Å². The van der Waals surface area contributed by atoms with Crippen LogP contribution in [-0.4, -0.2) is 60.7 Å². The maximum Gasteiger partial charge on any atom is 0.405 e. The number of nitrogen functional groups attached to an aromatic ring is 1. The average Bonchev–Trinajstić information content (AvgIpc) is 2.54. The number of nitrogens with zero attached hydrogens (tertiary/aromatic N) is 2. The summed E-state index contributed by atoms with van der Waals surface area (Å²) in [6, 6.07) is 1.76. The van der Waals surface area contributed by atoms with E-state index in [1.54, 1.807) is 0 Å². The summed E-state index contributed by atoms with van der Waals surface area (Å²) in [5.74, 6) is -0.884. The van der Waals surface area contributed by atoms with Crippen molar-refractivity contribution in [2.45, 2.75) is 12.2 Å². The molecule has 2 rings (SSSR count). The molecule has 1 aromatic rings. The van der Waals surface area contributed by atoms with Crippen molar-refractivity contribution >= 4 is 29.7 Å². The highest BCUT2D eigenvalue weighted by Gasteiger charge is 2.43. The number of nitro benzene ring substituents is 1. The number of piperazine rings is 1. The van der Waals surface area contributed by atoms with Gasteiger partial charge in [0, 0.05) is 38.8 Å². The second-order valence-corrected chi connectivity index (χ2v) is 5.55. The second kappa shape index (κ2) is 9.01. The van der Waals surface area contributed by atoms with E-state index in [4.69, 9.17) is 5.73 Å². The van der Waals surface area contributed by atoms with Gasteiger partial charge in [-0.1, -0.05) is 6.07 Å². The smallest absolute Gasteiger partial charge is 0.393 e. The SMILES string of the molecule is Cl.Nc1c(C(=O)NCC(N2CCNCC2)C(F)(F)F)cccc1[N+](=O)[O-]. The molecule has 1 aliphatic heterocycles. The molecule has 146 valence electrons. The molecule has 4 N–H and O–H groups in total. The molecule has 12 heteroatoms. The first-order valence-corrected chi connectivity index (χ1v) is 7.54. The lowest BCUT2D eigenvalue weighted by Crippen LogP contribution is -2.57. The van der Waals surface area contributed by atoms with E-state index < -0.39 is 35.3 Å². The number of nitrogens with two attached hydrogens (primary N) is 1. The van der Waals surface area contributed by atoms with Crippen molar-refractivity contribution in [3.8, 4) is 0 Å². The largest absolute Gasteiger partial charge is 0.405 e. The lowest BCUT2D eigenvalue weighted by Gasteiger charge is -2.35.